The number of carbonyl (C=O) groups excluding carboxylic acids is 2. The van der Waals surface area contributed by atoms with Gasteiger partial charge in [-0.1, -0.05) is 130 Å². The third kappa shape index (κ3) is 44.5. The summed E-state index contributed by atoms with van der Waals surface area (Å²) in [5.41, 5.74) is 0. The molecule has 0 saturated carbocycles. The van der Waals surface area contributed by atoms with Crippen molar-refractivity contribution in [3.8, 4) is 0 Å². The van der Waals surface area contributed by atoms with Gasteiger partial charge in [0.25, 0.3) is 7.82 Å². The van der Waals surface area contributed by atoms with Crippen LogP contribution in [-0.4, -0.2) is 81.2 Å². The number of unbranched alkanes of at least 4 members (excludes halogenated alkanes) is 4. The van der Waals surface area contributed by atoms with Crippen LogP contribution in [0.3, 0.4) is 0 Å². The second kappa shape index (κ2) is 40.7. The van der Waals surface area contributed by atoms with Crippen LogP contribution < -0.4 is 4.89 Å². The third-order valence-corrected chi connectivity index (χ3v) is 9.90. The summed E-state index contributed by atoms with van der Waals surface area (Å²) in [6, 6.07) is 0. The summed E-state index contributed by atoms with van der Waals surface area (Å²) >= 11 is 0. The highest BCUT2D eigenvalue weighted by atomic mass is 31.2. The summed E-state index contributed by atoms with van der Waals surface area (Å²) in [5, 5.41) is 9.57. The summed E-state index contributed by atoms with van der Waals surface area (Å²) in [7, 11) is 1.07. The lowest BCUT2D eigenvalue weighted by Crippen LogP contribution is -2.37. The van der Waals surface area contributed by atoms with Crippen LogP contribution in [0.2, 0.25) is 0 Å². The Balaban J connectivity index is 4.54. The van der Waals surface area contributed by atoms with E-state index in [0.29, 0.717) is 30.3 Å². The van der Waals surface area contributed by atoms with E-state index in [0.717, 1.165) is 89.9 Å². The normalized spacial score (nSPS) is 15.1. The molecule has 0 aromatic rings. The van der Waals surface area contributed by atoms with E-state index in [2.05, 4.69) is 110 Å². The molecular weight excluding hydrogens is 790 g/mol. The van der Waals surface area contributed by atoms with Crippen molar-refractivity contribution in [2.24, 2.45) is 0 Å². The Hall–Kier alpha value is -3.37. The van der Waals surface area contributed by atoms with Crippen LogP contribution in [0.25, 0.3) is 0 Å². The fraction of sp³-hybridized carbons (Fsp3) is 0.600. The molecule has 0 fully saturated rings. The fourth-order valence-electron chi connectivity index (χ4n) is 5.24. The molecule has 0 aromatic carbocycles. The molecule has 0 aliphatic carbocycles. The van der Waals surface area contributed by atoms with E-state index in [1.54, 1.807) is 0 Å². The van der Waals surface area contributed by atoms with Crippen LogP contribution in [0.15, 0.2) is 109 Å². The van der Waals surface area contributed by atoms with E-state index in [1.165, 1.54) is 0 Å². The average molecular weight is 872 g/mol. The maximum atomic E-state index is 12.7. The molecule has 0 aromatic heterocycles. The van der Waals surface area contributed by atoms with Crippen LogP contribution in [-0.2, 0) is 32.7 Å². The number of aliphatic hydroxyl groups is 1. The second-order valence-corrected chi connectivity index (χ2v) is 17.2. The Morgan fingerprint density at radius 3 is 1.54 bits per heavy atom. The molecule has 61 heavy (non-hydrogen) atoms. The number of phosphoric ester groups is 1. The quantitative estimate of drug-likeness (QED) is 0.0211. The highest BCUT2D eigenvalue weighted by Crippen LogP contribution is 2.38. The van der Waals surface area contributed by atoms with Gasteiger partial charge in [0.1, 0.15) is 19.8 Å². The van der Waals surface area contributed by atoms with Crippen molar-refractivity contribution in [2.45, 2.75) is 148 Å². The number of ether oxygens (including phenoxy) is 2. The Bertz CT molecular complexity index is 1420. The zero-order valence-corrected chi connectivity index (χ0v) is 39.3. The molecule has 10 nitrogen and oxygen atoms in total. The molecule has 0 spiro atoms. The first-order valence-electron chi connectivity index (χ1n) is 22.7. The molecule has 1 N–H and O–H groups in total. The molecular formula is C50H82NO9P. The molecule has 1 unspecified atom stereocenters. The average Bonchev–Trinajstić information content (AvgIpc) is 3.21. The van der Waals surface area contributed by atoms with E-state index < -0.39 is 32.5 Å². The minimum absolute atomic E-state index is 0.0587. The van der Waals surface area contributed by atoms with E-state index >= 15 is 0 Å². The van der Waals surface area contributed by atoms with Gasteiger partial charge in [0, 0.05) is 12.8 Å². The first kappa shape index (κ1) is 57.6. The van der Waals surface area contributed by atoms with Crippen molar-refractivity contribution in [1.82, 2.24) is 0 Å². The van der Waals surface area contributed by atoms with Gasteiger partial charge in [-0.15, -0.1) is 0 Å². The summed E-state index contributed by atoms with van der Waals surface area (Å²) in [6.07, 6.45) is 52.1. The lowest BCUT2D eigenvalue weighted by molar-refractivity contribution is -0.870. The first-order chi connectivity index (χ1) is 29.4. The highest BCUT2D eigenvalue weighted by molar-refractivity contribution is 7.45. The van der Waals surface area contributed by atoms with E-state index in [1.807, 2.05) is 34.1 Å². The van der Waals surface area contributed by atoms with Crippen molar-refractivity contribution < 1.29 is 47.2 Å². The van der Waals surface area contributed by atoms with Gasteiger partial charge in [-0.25, -0.2) is 0 Å². The summed E-state index contributed by atoms with van der Waals surface area (Å²) in [4.78, 5) is 37.6. The molecule has 0 radical (unpaired) electrons. The molecule has 0 bridgehead atoms. The number of rotatable bonds is 39. The number of allylic oxidation sites excluding steroid dienone is 18. The monoisotopic (exact) mass is 872 g/mol. The maximum absolute atomic E-state index is 12.7. The Kier molecular flexibility index (Phi) is 38.4. The number of quaternary nitrogens is 1. The van der Waals surface area contributed by atoms with Gasteiger partial charge < -0.3 is 33.0 Å². The van der Waals surface area contributed by atoms with Gasteiger partial charge in [-0.05, 0) is 103 Å². The van der Waals surface area contributed by atoms with Crippen LogP contribution in [0.1, 0.15) is 136 Å². The van der Waals surface area contributed by atoms with Crippen LogP contribution >= 0.6 is 7.82 Å². The number of aliphatic hydroxyl groups excluding tert-OH is 1. The zero-order valence-electron chi connectivity index (χ0n) is 38.4. The number of phosphoric acid groups is 1. The molecule has 3 atom stereocenters. The smallest absolute Gasteiger partial charge is 0.306 e. The lowest BCUT2D eigenvalue weighted by atomic mass is 10.1. The summed E-state index contributed by atoms with van der Waals surface area (Å²) in [5.74, 6) is -0.969. The van der Waals surface area contributed by atoms with Gasteiger partial charge in [0.05, 0.1) is 33.9 Å². The topological polar surface area (TPSA) is 131 Å². The van der Waals surface area contributed by atoms with Crippen molar-refractivity contribution in [1.29, 1.82) is 0 Å². The second-order valence-electron chi connectivity index (χ2n) is 15.8. The molecule has 346 valence electrons. The maximum Gasteiger partial charge on any atom is 0.306 e. The van der Waals surface area contributed by atoms with Crippen molar-refractivity contribution in [3.63, 3.8) is 0 Å². The van der Waals surface area contributed by atoms with Gasteiger partial charge in [0.2, 0.25) is 0 Å². The van der Waals surface area contributed by atoms with Crippen LogP contribution in [0, 0.1) is 0 Å². The molecule has 0 aliphatic heterocycles. The lowest BCUT2D eigenvalue weighted by Gasteiger charge is -2.28. The standard InChI is InChI=1S/C50H82NO9P/c1-6-8-9-10-11-12-13-14-15-16-17-18-19-24-27-30-33-36-39-42-50(54)60-48(46-59-61(55,56)58-44-43-51(3,4)5)45-57-49(53)41-38-35-32-29-26-23-21-20-22-25-28-31-34-37-40-47(52)7-2/h8-9,11-12,14-15,17-18,21-25,27,29,31-32,34,47-48,52H,6-7,10,13,16,19-20,26,28,30,33,35-46H2,1-5H3/b9-8-,12-11-,15-14-,18-17-,23-21-,25-22-,27-24-,32-29-,34-31-/t47-,48+/m0/s1. The van der Waals surface area contributed by atoms with Crippen LogP contribution in [0.4, 0.5) is 0 Å². The zero-order chi connectivity index (χ0) is 45.1. The number of hydrogen-bond acceptors (Lipinski definition) is 9. The predicted molar refractivity (Wildman–Crippen MR) is 251 cm³/mol. The Morgan fingerprint density at radius 1 is 0.590 bits per heavy atom. The minimum atomic E-state index is -4.66. The van der Waals surface area contributed by atoms with E-state index in [4.69, 9.17) is 18.5 Å². The third-order valence-electron chi connectivity index (χ3n) is 8.94. The Labute approximate surface area is 370 Å². The number of likely N-dealkylation sites (N-methyl/N-ethyl adjacent to an activating group) is 1. The van der Waals surface area contributed by atoms with Crippen molar-refractivity contribution in [2.75, 3.05) is 47.5 Å². The SMILES string of the molecule is CC/C=C\C/C=C\C/C=C\C/C=C\C/C=C\CCCCCC(=O)O[C@H](COC(=O)CCC/C=C\C/C=C\C/C=C\C/C=C\CC[C@@H](O)CC)COP(=O)([O-])OCC[N+](C)(C)C. The molecule has 0 aliphatic rings. The summed E-state index contributed by atoms with van der Waals surface area (Å²) in [6.45, 7) is 3.69. The molecule has 11 heteroatoms. The summed E-state index contributed by atoms with van der Waals surface area (Å²) < 4.78 is 33.8. The van der Waals surface area contributed by atoms with Gasteiger partial charge >= 0.3 is 11.9 Å². The van der Waals surface area contributed by atoms with E-state index in [-0.39, 0.29) is 32.2 Å². The molecule has 0 saturated heterocycles. The fourth-order valence-corrected chi connectivity index (χ4v) is 5.97. The van der Waals surface area contributed by atoms with E-state index in [9.17, 15) is 24.2 Å². The predicted octanol–water partition coefficient (Wildman–Crippen LogP) is 11.5. The van der Waals surface area contributed by atoms with Gasteiger partial charge in [0.15, 0.2) is 6.10 Å². The van der Waals surface area contributed by atoms with Gasteiger partial charge in [-0.3, -0.25) is 14.2 Å². The van der Waals surface area contributed by atoms with Crippen molar-refractivity contribution in [3.05, 3.63) is 109 Å². The first-order valence-corrected chi connectivity index (χ1v) is 24.1. The highest BCUT2D eigenvalue weighted by Gasteiger charge is 2.21. The molecule has 0 heterocycles. The van der Waals surface area contributed by atoms with Crippen LogP contribution in [0.5, 0.6) is 0 Å². The number of esters is 2. The molecule has 0 rings (SSSR count). The largest absolute Gasteiger partial charge is 0.756 e. The Morgan fingerprint density at radius 2 is 1.05 bits per heavy atom. The molecule has 0 amide bonds. The number of carbonyl (C=O) groups is 2. The van der Waals surface area contributed by atoms with Crippen molar-refractivity contribution >= 4 is 19.8 Å². The minimum Gasteiger partial charge on any atom is -0.756 e. The van der Waals surface area contributed by atoms with Gasteiger partial charge in [-0.2, -0.15) is 0 Å². The number of hydrogen-bond donors (Lipinski definition) is 1. The number of nitrogens with zero attached hydrogens (tertiary/aromatic N) is 1.